The Balaban J connectivity index is 1.70. The second kappa shape index (κ2) is 8.43. The van der Waals surface area contributed by atoms with Gasteiger partial charge in [-0.05, 0) is 41.6 Å². The van der Waals surface area contributed by atoms with Crippen molar-refractivity contribution < 1.29 is 19.3 Å². The van der Waals surface area contributed by atoms with Gasteiger partial charge < -0.3 is 9.76 Å². The zero-order valence-electron chi connectivity index (χ0n) is 16.5. The molecule has 0 spiro atoms. The zero-order chi connectivity index (χ0) is 21.1. The van der Waals surface area contributed by atoms with E-state index in [0.717, 1.165) is 36.0 Å². The molecule has 0 bridgehead atoms. The fraction of sp³-hybridized carbons (Fsp3) is 0.130. The summed E-state index contributed by atoms with van der Waals surface area (Å²) < 4.78 is 5.83. The Morgan fingerprint density at radius 1 is 1.03 bits per heavy atom. The van der Waals surface area contributed by atoms with Crippen LogP contribution in [0.2, 0.25) is 0 Å². The first kappa shape index (κ1) is 19.7. The Morgan fingerprint density at radius 3 is 2.47 bits per heavy atom. The van der Waals surface area contributed by atoms with E-state index in [1.165, 1.54) is 5.01 Å². The zero-order valence-corrected chi connectivity index (χ0v) is 16.5. The number of ether oxygens (including phenoxy) is 1. The lowest BCUT2D eigenvalue weighted by atomic mass is 9.89. The number of carbonyl (C=O) groups excluding carboxylic acids is 2. The summed E-state index contributed by atoms with van der Waals surface area (Å²) in [5.41, 5.74) is 4.52. The van der Waals surface area contributed by atoms with Gasteiger partial charge in [-0.25, -0.2) is 5.01 Å². The van der Waals surface area contributed by atoms with E-state index in [0.29, 0.717) is 17.8 Å². The van der Waals surface area contributed by atoms with Crippen LogP contribution in [0, 0.1) is 0 Å². The lowest BCUT2D eigenvalue weighted by Gasteiger charge is -2.14. The van der Waals surface area contributed by atoms with E-state index < -0.39 is 11.8 Å². The molecule has 1 aliphatic rings. The van der Waals surface area contributed by atoms with Gasteiger partial charge >= 0.3 is 7.48 Å². The maximum Gasteiger partial charge on any atom is 0.326 e. The average Bonchev–Trinajstić information content (AvgIpc) is 3.07. The molecule has 0 atom stereocenters. The van der Waals surface area contributed by atoms with Crippen LogP contribution >= 0.6 is 0 Å². The second-order valence-electron chi connectivity index (χ2n) is 6.91. The average molecular weight is 399 g/mol. The van der Waals surface area contributed by atoms with Gasteiger partial charge in [-0.1, -0.05) is 54.9 Å². The number of hydrogen-bond donors (Lipinski definition) is 2. The molecule has 2 amide bonds. The summed E-state index contributed by atoms with van der Waals surface area (Å²) in [6.07, 6.45) is 2.52. The van der Waals surface area contributed by atoms with Gasteiger partial charge in [0.1, 0.15) is 11.3 Å². The highest BCUT2D eigenvalue weighted by molar-refractivity contribution is 6.45. The molecule has 4 rings (SSSR count). The van der Waals surface area contributed by atoms with Crippen LogP contribution < -0.4 is 20.6 Å². The van der Waals surface area contributed by atoms with Crippen LogP contribution in [-0.2, 0) is 9.59 Å². The van der Waals surface area contributed by atoms with Crippen molar-refractivity contribution in [3.8, 4) is 5.75 Å². The summed E-state index contributed by atoms with van der Waals surface area (Å²) in [6, 6.07) is 18.1. The van der Waals surface area contributed by atoms with Crippen LogP contribution in [0.15, 0.2) is 66.2 Å². The molecule has 6 nitrogen and oxygen atoms in total. The molecular formula is C23H20BN2O4. The smallest absolute Gasteiger partial charge is 0.326 e. The lowest BCUT2D eigenvalue weighted by Crippen LogP contribution is -2.36. The number of fused-ring (bicyclic) bond motifs is 1. The van der Waals surface area contributed by atoms with Gasteiger partial charge in [-0.2, -0.15) is 0 Å². The van der Waals surface area contributed by atoms with Gasteiger partial charge in [-0.3, -0.25) is 15.0 Å². The molecule has 3 aromatic carbocycles. The SMILES string of the molecule is CCCOc1ccc(/C=C2/C(=O)NN(c3ccc([B]O)cc3)C2=O)c2ccccc12. The van der Waals surface area contributed by atoms with Crippen LogP contribution in [-0.4, -0.2) is 30.9 Å². The second-order valence-corrected chi connectivity index (χ2v) is 6.91. The minimum Gasteiger partial charge on any atom is -0.493 e. The molecule has 1 aliphatic heterocycles. The highest BCUT2D eigenvalue weighted by Gasteiger charge is 2.34. The van der Waals surface area contributed by atoms with Crippen molar-refractivity contribution in [1.82, 2.24) is 5.43 Å². The predicted octanol–water partition coefficient (Wildman–Crippen LogP) is 2.33. The first-order chi connectivity index (χ1) is 14.6. The summed E-state index contributed by atoms with van der Waals surface area (Å²) in [4.78, 5) is 25.4. The van der Waals surface area contributed by atoms with Crippen molar-refractivity contribution in [2.24, 2.45) is 0 Å². The van der Waals surface area contributed by atoms with E-state index in [2.05, 4.69) is 5.43 Å². The van der Waals surface area contributed by atoms with Gasteiger partial charge in [0, 0.05) is 5.39 Å². The van der Waals surface area contributed by atoms with Crippen LogP contribution in [0.5, 0.6) is 5.75 Å². The number of rotatable bonds is 6. The Kier molecular flexibility index (Phi) is 5.54. The van der Waals surface area contributed by atoms with Crippen LogP contribution in [0.25, 0.3) is 16.8 Å². The lowest BCUT2D eigenvalue weighted by molar-refractivity contribution is -0.117. The van der Waals surface area contributed by atoms with Crippen LogP contribution in [0.1, 0.15) is 18.9 Å². The highest BCUT2D eigenvalue weighted by Crippen LogP contribution is 2.31. The first-order valence-electron chi connectivity index (χ1n) is 9.71. The van der Waals surface area contributed by atoms with Crippen molar-refractivity contribution in [3.63, 3.8) is 0 Å². The Morgan fingerprint density at radius 2 is 1.77 bits per heavy atom. The van der Waals surface area contributed by atoms with Gasteiger partial charge in [0.15, 0.2) is 0 Å². The van der Waals surface area contributed by atoms with Crippen molar-refractivity contribution in [2.45, 2.75) is 13.3 Å². The fourth-order valence-electron chi connectivity index (χ4n) is 3.36. The van der Waals surface area contributed by atoms with Gasteiger partial charge in [-0.15, -0.1) is 0 Å². The van der Waals surface area contributed by atoms with E-state index in [4.69, 9.17) is 9.76 Å². The van der Waals surface area contributed by atoms with Crippen LogP contribution in [0.4, 0.5) is 5.69 Å². The molecule has 3 aromatic rings. The Hall–Kier alpha value is -3.58. The maximum absolute atomic E-state index is 12.9. The standard InChI is InChI=1S/C23H20BN2O4/c1-2-13-30-21-12-7-15(18-5-3-4-6-19(18)21)14-20-22(27)25-26(23(20)28)17-10-8-16(24-29)9-11-17/h3-12,14,29H,2,13H2,1H3,(H,25,27)/b20-14-. The molecular weight excluding hydrogens is 379 g/mol. The summed E-state index contributed by atoms with van der Waals surface area (Å²) in [6.45, 7) is 2.67. The van der Waals surface area contributed by atoms with Gasteiger partial charge in [0.05, 0.1) is 12.3 Å². The molecule has 1 fully saturated rings. The van der Waals surface area contributed by atoms with E-state index in [1.807, 2.05) is 43.3 Å². The monoisotopic (exact) mass is 399 g/mol. The molecule has 7 heteroatoms. The van der Waals surface area contributed by atoms with E-state index in [9.17, 15) is 9.59 Å². The van der Waals surface area contributed by atoms with E-state index >= 15 is 0 Å². The minimum absolute atomic E-state index is 0.0557. The number of nitrogens with one attached hydrogen (secondary N) is 1. The molecule has 1 heterocycles. The van der Waals surface area contributed by atoms with Crippen molar-refractivity contribution in [2.75, 3.05) is 11.6 Å². The number of anilines is 1. The minimum atomic E-state index is -0.465. The number of hydrazine groups is 1. The summed E-state index contributed by atoms with van der Waals surface area (Å²) >= 11 is 0. The summed E-state index contributed by atoms with van der Waals surface area (Å²) in [5.74, 6) is -0.122. The van der Waals surface area contributed by atoms with Crippen LogP contribution in [0.3, 0.4) is 0 Å². The first-order valence-corrected chi connectivity index (χ1v) is 9.71. The number of nitrogens with zero attached hydrogens (tertiary/aromatic N) is 1. The van der Waals surface area contributed by atoms with Crippen molar-refractivity contribution >= 4 is 47.3 Å². The molecule has 149 valence electrons. The van der Waals surface area contributed by atoms with E-state index in [-0.39, 0.29) is 5.57 Å². The molecule has 1 radical (unpaired) electrons. The van der Waals surface area contributed by atoms with Gasteiger partial charge in [0.25, 0.3) is 11.8 Å². The number of carbonyl (C=O) groups is 2. The molecule has 1 saturated heterocycles. The maximum atomic E-state index is 12.9. The topological polar surface area (TPSA) is 78.9 Å². The normalized spacial score (nSPS) is 15.0. The molecule has 0 aromatic heterocycles. The molecule has 0 aliphatic carbocycles. The highest BCUT2D eigenvalue weighted by atomic mass is 16.5. The van der Waals surface area contributed by atoms with Gasteiger partial charge in [0.2, 0.25) is 0 Å². The van der Waals surface area contributed by atoms with E-state index in [1.54, 1.807) is 30.3 Å². The number of benzene rings is 3. The third kappa shape index (κ3) is 3.67. The number of amides is 2. The summed E-state index contributed by atoms with van der Waals surface area (Å²) in [5, 5.41) is 12.1. The third-order valence-electron chi connectivity index (χ3n) is 4.87. The fourth-order valence-corrected chi connectivity index (χ4v) is 3.36. The largest absolute Gasteiger partial charge is 0.493 e. The van der Waals surface area contributed by atoms with Crippen molar-refractivity contribution in [3.05, 3.63) is 71.8 Å². The molecule has 0 unspecified atom stereocenters. The predicted molar refractivity (Wildman–Crippen MR) is 117 cm³/mol. The molecule has 2 N–H and O–H groups in total. The van der Waals surface area contributed by atoms with Crippen molar-refractivity contribution in [1.29, 1.82) is 0 Å². The Labute approximate surface area is 175 Å². The Bertz CT molecular complexity index is 1140. The summed E-state index contributed by atoms with van der Waals surface area (Å²) in [7, 11) is 0.971. The molecule has 30 heavy (non-hydrogen) atoms. The third-order valence-corrected chi connectivity index (χ3v) is 4.87. The quantitative estimate of drug-likeness (QED) is 0.379. The molecule has 0 saturated carbocycles. The number of hydrogen-bond acceptors (Lipinski definition) is 4.